The highest BCUT2D eigenvalue weighted by molar-refractivity contribution is 5.86. The van der Waals surface area contributed by atoms with Crippen molar-refractivity contribution in [1.29, 1.82) is 0 Å². The first kappa shape index (κ1) is 15.9. The summed E-state index contributed by atoms with van der Waals surface area (Å²) >= 11 is 0. The van der Waals surface area contributed by atoms with Crippen LogP contribution in [0.4, 0.5) is 0 Å². The molecule has 0 bridgehead atoms. The summed E-state index contributed by atoms with van der Waals surface area (Å²) in [6, 6.07) is 6.43. The molecule has 23 heavy (non-hydrogen) atoms. The second-order valence-electron chi connectivity index (χ2n) is 6.08. The van der Waals surface area contributed by atoms with Crippen LogP contribution in [-0.2, 0) is 11.2 Å². The van der Waals surface area contributed by atoms with Crippen LogP contribution in [0.3, 0.4) is 0 Å². The Kier molecular flexibility index (Phi) is 5.18. The van der Waals surface area contributed by atoms with E-state index in [0.29, 0.717) is 6.10 Å². The van der Waals surface area contributed by atoms with Gasteiger partial charge in [-0.3, -0.25) is 4.99 Å². The molecule has 1 aromatic carbocycles. The SMILES string of the molecule is CN=C(NCCc1c[nH]c2c(C)cccc12)NCC1CCCO1. The molecule has 1 aliphatic rings. The highest BCUT2D eigenvalue weighted by atomic mass is 16.5. The third-order valence-corrected chi connectivity index (χ3v) is 4.44. The Bertz CT molecular complexity index is 671. The molecule has 1 aromatic heterocycles. The molecule has 0 radical (unpaired) electrons. The van der Waals surface area contributed by atoms with Gasteiger partial charge in [0, 0.05) is 43.8 Å². The molecule has 1 saturated heterocycles. The lowest BCUT2D eigenvalue weighted by Gasteiger charge is -2.14. The van der Waals surface area contributed by atoms with E-state index in [0.717, 1.165) is 38.5 Å². The van der Waals surface area contributed by atoms with Crippen LogP contribution in [-0.4, -0.2) is 43.8 Å². The Morgan fingerprint density at radius 2 is 2.30 bits per heavy atom. The Hall–Kier alpha value is -2.01. The summed E-state index contributed by atoms with van der Waals surface area (Å²) in [5.41, 5.74) is 3.87. The van der Waals surface area contributed by atoms with Crippen LogP contribution in [0.2, 0.25) is 0 Å². The summed E-state index contributed by atoms with van der Waals surface area (Å²) in [5.74, 6) is 0.844. The number of benzene rings is 1. The summed E-state index contributed by atoms with van der Waals surface area (Å²) < 4.78 is 5.62. The Balaban J connectivity index is 1.50. The van der Waals surface area contributed by atoms with Gasteiger partial charge in [0.2, 0.25) is 0 Å². The lowest BCUT2D eigenvalue weighted by atomic mass is 10.1. The highest BCUT2D eigenvalue weighted by Gasteiger charge is 2.15. The smallest absolute Gasteiger partial charge is 0.191 e. The molecule has 3 N–H and O–H groups in total. The average molecular weight is 314 g/mol. The van der Waals surface area contributed by atoms with Crippen LogP contribution in [0.1, 0.15) is 24.0 Å². The Labute approximate surface area is 137 Å². The van der Waals surface area contributed by atoms with E-state index in [1.807, 2.05) is 0 Å². The second kappa shape index (κ2) is 7.51. The number of rotatable bonds is 5. The summed E-state index contributed by atoms with van der Waals surface area (Å²) in [6.45, 7) is 4.70. The van der Waals surface area contributed by atoms with Crippen LogP contribution in [0, 0.1) is 6.92 Å². The number of guanidine groups is 1. The van der Waals surface area contributed by atoms with Crippen molar-refractivity contribution >= 4 is 16.9 Å². The molecule has 5 heteroatoms. The minimum atomic E-state index is 0.324. The molecule has 5 nitrogen and oxygen atoms in total. The molecule has 2 heterocycles. The number of hydrogen-bond acceptors (Lipinski definition) is 2. The zero-order valence-corrected chi connectivity index (χ0v) is 14.0. The average Bonchev–Trinajstić information content (AvgIpc) is 3.21. The number of aromatic amines is 1. The first-order chi connectivity index (χ1) is 11.3. The Morgan fingerprint density at radius 3 is 3.09 bits per heavy atom. The van der Waals surface area contributed by atoms with Crippen molar-refractivity contribution in [2.75, 3.05) is 26.7 Å². The van der Waals surface area contributed by atoms with Gasteiger partial charge in [-0.1, -0.05) is 18.2 Å². The number of fused-ring (bicyclic) bond motifs is 1. The molecule has 0 aliphatic carbocycles. The van der Waals surface area contributed by atoms with E-state index in [2.05, 4.69) is 51.9 Å². The van der Waals surface area contributed by atoms with E-state index in [1.165, 1.54) is 28.5 Å². The number of aliphatic imine (C=N–C) groups is 1. The van der Waals surface area contributed by atoms with Gasteiger partial charge < -0.3 is 20.4 Å². The lowest BCUT2D eigenvalue weighted by Crippen LogP contribution is -2.41. The van der Waals surface area contributed by atoms with Crippen LogP contribution < -0.4 is 10.6 Å². The molecule has 0 saturated carbocycles. The molecule has 2 aromatic rings. The zero-order valence-electron chi connectivity index (χ0n) is 14.0. The maximum atomic E-state index is 5.62. The summed E-state index contributed by atoms with van der Waals surface area (Å²) in [4.78, 5) is 7.66. The summed E-state index contributed by atoms with van der Waals surface area (Å²) in [7, 11) is 1.81. The number of nitrogens with one attached hydrogen (secondary N) is 3. The molecule has 1 fully saturated rings. The van der Waals surface area contributed by atoms with Crippen LogP contribution in [0.5, 0.6) is 0 Å². The topological polar surface area (TPSA) is 61.4 Å². The predicted molar refractivity (Wildman–Crippen MR) is 95.1 cm³/mol. The molecule has 1 aliphatic heterocycles. The monoisotopic (exact) mass is 314 g/mol. The first-order valence-corrected chi connectivity index (χ1v) is 8.39. The minimum absolute atomic E-state index is 0.324. The standard InChI is InChI=1S/C18H26N4O/c1-13-5-3-7-16-14(11-21-17(13)16)8-9-20-18(19-2)22-12-15-6-4-10-23-15/h3,5,7,11,15,21H,4,6,8-10,12H2,1-2H3,(H2,19,20,22). The zero-order chi connectivity index (χ0) is 16.1. The third kappa shape index (κ3) is 3.85. The summed E-state index contributed by atoms with van der Waals surface area (Å²) in [6.07, 6.45) is 5.70. The van der Waals surface area contributed by atoms with Crippen LogP contribution >= 0.6 is 0 Å². The number of H-pyrrole nitrogens is 1. The van der Waals surface area contributed by atoms with Gasteiger partial charge >= 0.3 is 0 Å². The van der Waals surface area contributed by atoms with Gasteiger partial charge in [-0.05, 0) is 37.3 Å². The van der Waals surface area contributed by atoms with Crippen LogP contribution in [0.15, 0.2) is 29.4 Å². The Morgan fingerprint density at radius 1 is 1.39 bits per heavy atom. The number of para-hydroxylation sites is 1. The van der Waals surface area contributed by atoms with E-state index in [4.69, 9.17) is 4.74 Å². The van der Waals surface area contributed by atoms with Gasteiger partial charge in [0.25, 0.3) is 0 Å². The van der Waals surface area contributed by atoms with Crippen molar-refractivity contribution in [3.63, 3.8) is 0 Å². The maximum Gasteiger partial charge on any atom is 0.191 e. The van der Waals surface area contributed by atoms with E-state index >= 15 is 0 Å². The van der Waals surface area contributed by atoms with Crippen molar-refractivity contribution in [3.05, 3.63) is 35.5 Å². The fourth-order valence-electron chi connectivity index (χ4n) is 3.12. The van der Waals surface area contributed by atoms with E-state index < -0.39 is 0 Å². The van der Waals surface area contributed by atoms with Crippen molar-refractivity contribution in [1.82, 2.24) is 15.6 Å². The number of ether oxygens (including phenoxy) is 1. The number of nitrogens with zero attached hydrogens (tertiary/aromatic N) is 1. The van der Waals surface area contributed by atoms with E-state index in [-0.39, 0.29) is 0 Å². The molecule has 3 rings (SSSR count). The van der Waals surface area contributed by atoms with Gasteiger partial charge in [0.05, 0.1) is 6.10 Å². The van der Waals surface area contributed by atoms with Gasteiger partial charge in [-0.15, -0.1) is 0 Å². The molecule has 1 atom stereocenters. The molecular weight excluding hydrogens is 288 g/mol. The fraction of sp³-hybridized carbons (Fsp3) is 0.500. The number of hydrogen-bond donors (Lipinski definition) is 3. The molecule has 124 valence electrons. The van der Waals surface area contributed by atoms with Crippen molar-refractivity contribution in [2.45, 2.75) is 32.3 Å². The largest absolute Gasteiger partial charge is 0.376 e. The van der Waals surface area contributed by atoms with Gasteiger partial charge in [-0.25, -0.2) is 0 Å². The van der Waals surface area contributed by atoms with E-state index in [1.54, 1.807) is 7.05 Å². The van der Waals surface area contributed by atoms with Crippen molar-refractivity contribution in [3.8, 4) is 0 Å². The second-order valence-corrected chi connectivity index (χ2v) is 6.08. The lowest BCUT2D eigenvalue weighted by molar-refractivity contribution is 0.114. The molecule has 0 amide bonds. The molecular formula is C18H26N4O. The predicted octanol–water partition coefficient (Wildman–Crippen LogP) is 2.36. The van der Waals surface area contributed by atoms with Gasteiger partial charge in [-0.2, -0.15) is 0 Å². The maximum absolute atomic E-state index is 5.62. The van der Waals surface area contributed by atoms with Gasteiger partial charge in [0.1, 0.15) is 0 Å². The molecule has 1 unspecified atom stereocenters. The normalized spacial score (nSPS) is 18.5. The first-order valence-electron chi connectivity index (χ1n) is 8.39. The van der Waals surface area contributed by atoms with E-state index in [9.17, 15) is 0 Å². The third-order valence-electron chi connectivity index (χ3n) is 4.44. The quantitative estimate of drug-likeness (QED) is 0.586. The number of aromatic nitrogens is 1. The van der Waals surface area contributed by atoms with Crippen LogP contribution in [0.25, 0.3) is 10.9 Å². The number of aryl methyl sites for hydroxylation is 1. The van der Waals surface area contributed by atoms with Crippen molar-refractivity contribution < 1.29 is 4.74 Å². The van der Waals surface area contributed by atoms with Crippen molar-refractivity contribution in [2.24, 2.45) is 4.99 Å². The molecule has 0 spiro atoms. The fourth-order valence-corrected chi connectivity index (χ4v) is 3.12. The van der Waals surface area contributed by atoms with Gasteiger partial charge in [0.15, 0.2) is 5.96 Å². The minimum Gasteiger partial charge on any atom is -0.376 e. The highest BCUT2D eigenvalue weighted by Crippen LogP contribution is 2.21. The summed E-state index contributed by atoms with van der Waals surface area (Å²) in [5, 5.41) is 8.04.